The van der Waals surface area contributed by atoms with E-state index in [1.54, 1.807) is 0 Å². The lowest BCUT2D eigenvalue weighted by Crippen LogP contribution is -2.26. The molecule has 1 aromatic heterocycles. The van der Waals surface area contributed by atoms with Crippen molar-refractivity contribution in [3.63, 3.8) is 0 Å². The van der Waals surface area contributed by atoms with E-state index in [1.807, 2.05) is 37.3 Å². The van der Waals surface area contributed by atoms with Crippen molar-refractivity contribution in [2.75, 3.05) is 0 Å². The fourth-order valence-corrected chi connectivity index (χ4v) is 1.62. The number of hydrogen-bond donors (Lipinski definition) is 1. The molecule has 0 saturated carbocycles. The van der Waals surface area contributed by atoms with Gasteiger partial charge in [0.1, 0.15) is 0 Å². The molecule has 0 bridgehead atoms. The van der Waals surface area contributed by atoms with E-state index >= 15 is 0 Å². The molecule has 1 atom stereocenters. The summed E-state index contributed by atoms with van der Waals surface area (Å²) in [6.07, 6.45) is 1.22. The smallest absolute Gasteiger partial charge is 0.253 e. The first-order valence-corrected chi connectivity index (χ1v) is 5.64. The minimum atomic E-state index is -0.595. The van der Waals surface area contributed by atoms with Crippen LogP contribution in [0.1, 0.15) is 28.9 Å². The van der Waals surface area contributed by atoms with Gasteiger partial charge in [-0.25, -0.2) is 4.98 Å². The summed E-state index contributed by atoms with van der Waals surface area (Å²) in [5.41, 5.74) is 1.36. The number of aromatic nitrogens is 1. The molecule has 0 aliphatic carbocycles. The number of amides is 1. The average molecular weight is 244 g/mol. The summed E-state index contributed by atoms with van der Waals surface area (Å²) in [6.45, 7) is 1.89. The Bertz CT molecular complexity index is 525. The third-order valence-corrected chi connectivity index (χ3v) is 2.64. The minimum Gasteiger partial charge on any atom is -0.345 e. The Morgan fingerprint density at radius 2 is 1.94 bits per heavy atom. The third-order valence-electron chi connectivity index (χ3n) is 2.64. The Kier molecular flexibility index (Phi) is 3.67. The molecule has 1 N–H and O–H groups in total. The summed E-state index contributed by atoms with van der Waals surface area (Å²) in [5, 5.41) is 2.83. The lowest BCUT2D eigenvalue weighted by Gasteiger charge is -2.14. The molecule has 1 heterocycles. The predicted octanol–water partition coefficient (Wildman–Crippen LogP) is 2.71. The number of carbonyl (C=O) groups is 1. The maximum atomic E-state index is 12.6. The molecule has 0 aliphatic rings. The molecular weight excluding hydrogens is 231 g/mol. The van der Waals surface area contributed by atoms with E-state index in [1.165, 1.54) is 18.3 Å². The van der Waals surface area contributed by atoms with E-state index in [-0.39, 0.29) is 11.9 Å². The van der Waals surface area contributed by atoms with Gasteiger partial charge >= 0.3 is 0 Å². The monoisotopic (exact) mass is 244 g/mol. The van der Waals surface area contributed by atoms with Crippen LogP contribution in [-0.2, 0) is 0 Å². The van der Waals surface area contributed by atoms with E-state index < -0.39 is 5.95 Å². The summed E-state index contributed by atoms with van der Waals surface area (Å²) >= 11 is 0. The molecule has 4 heteroatoms. The first-order valence-electron chi connectivity index (χ1n) is 5.64. The fraction of sp³-hybridized carbons (Fsp3) is 0.143. The van der Waals surface area contributed by atoms with Gasteiger partial charge in [-0.2, -0.15) is 4.39 Å². The topological polar surface area (TPSA) is 42.0 Å². The zero-order valence-electron chi connectivity index (χ0n) is 9.93. The van der Waals surface area contributed by atoms with Gasteiger partial charge in [-0.1, -0.05) is 30.3 Å². The molecule has 92 valence electrons. The first-order chi connectivity index (χ1) is 8.66. The van der Waals surface area contributed by atoms with Gasteiger partial charge in [0.25, 0.3) is 5.91 Å². The van der Waals surface area contributed by atoms with Crippen LogP contribution in [0.3, 0.4) is 0 Å². The highest BCUT2D eigenvalue weighted by Crippen LogP contribution is 2.12. The maximum Gasteiger partial charge on any atom is 0.253 e. The number of carbonyl (C=O) groups excluding carboxylic acids is 1. The van der Waals surface area contributed by atoms with Crippen molar-refractivity contribution in [2.45, 2.75) is 13.0 Å². The molecule has 2 rings (SSSR count). The highest BCUT2D eigenvalue weighted by Gasteiger charge is 2.11. The molecule has 0 spiro atoms. The molecule has 0 saturated heterocycles. The number of nitrogens with one attached hydrogen (secondary N) is 1. The summed E-state index contributed by atoms with van der Waals surface area (Å²) in [4.78, 5) is 15.3. The minimum absolute atomic E-state index is 0.108. The van der Waals surface area contributed by atoms with Crippen LogP contribution in [-0.4, -0.2) is 10.9 Å². The Labute approximate surface area is 105 Å². The maximum absolute atomic E-state index is 12.6. The summed E-state index contributed by atoms with van der Waals surface area (Å²) in [5.74, 6) is -0.860. The number of hydrogen-bond acceptors (Lipinski definition) is 2. The van der Waals surface area contributed by atoms with Gasteiger partial charge in [0.2, 0.25) is 5.95 Å². The molecule has 1 amide bonds. The zero-order valence-corrected chi connectivity index (χ0v) is 9.93. The van der Waals surface area contributed by atoms with Gasteiger partial charge in [0.15, 0.2) is 0 Å². The van der Waals surface area contributed by atoms with Gasteiger partial charge in [0.05, 0.1) is 11.6 Å². The molecule has 2 aromatic rings. The number of rotatable bonds is 3. The lowest BCUT2D eigenvalue weighted by molar-refractivity contribution is 0.0939. The van der Waals surface area contributed by atoms with Crippen LogP contribution in [0.4, 0.5) is 4.39 Å². The Morgan fingerprint density at radius 3 is 2.56 bits per heavy atom. The highest BCUT2D eigenvalue weighted by atomic mass is 19.1. The van der Waals surface area contributed by atoms with Crippen LogP contribution in [0.25, 0.3) is 0 Å². The van der Waals surface area contributed by atoms with E-state index in [9.17, 15) is 9.18 Å². The SMILES string of the molecule is C[C@H](NC(=O)c1ccc(F)nc1)c1ccccc1. The Hall–Kier alpha value is -2.23. The van der Waals surface area contributed by atoms with Crippen molar-refractivity contribution >= 4 is 5.91 Å². The molecule has 0 radical (unpaired) electrons. The quantitative estimate of drug-likeness (QED) is 0.843. The molecule has 1 aromatic carbocycles. The van der Waals surface area contributed by atoms with Gasteiger partial charge in [-0.05, 0) is 24.6 Å². The van der Waals surface area contributed by atoms with Crippen molar-refractivity contribution < 1.29 is 9.18 Å². The molecule has 0 fully saturated rings. The Balaban J connectivity index is 2.06. The third kappa shape index (κ3) is 2.91. The number of pyridine rings is 1. The standard InChI is InChI=1S/C14H13FN2O/c1-10(11-5-3-2-4-6-11)17-14(18)12-7-8-13(15)16-9-12/h2-10H,1H3,(H,17,18)/t10-/m0/s1. The van der Waals surface area contributed by atoms with Crippen LogP contribution >= 0.6 is 0 Å². The van der Waals surface area contributed by atoms with Crippen molar-refractivity contribution in [3.05, 3.63) is 65.7 Å². The van der Waals surface area contributed by atoms with Crippen LogP contribution in [0, 0.1) is 5.95 Å². The first kappa shape index (κ1) is 12.2. The second-order valence-electron chi connectivity index (χ2n) is 3.98. The molecule has 18 heavy (non-hydrogen) atoms. The Morgan fingerprint density at radius 1 is 1.22 bits per heavy atom. The van der Waals surface area contributed by atoms with Crippen molar-refractivity contribution in [1.82, 2.24) is 10.3 Å². The zero-order chi connectivity index (χ0) is 13.0. The lowest BCUT2D eigenvalue weighted by atomic mass is 10.1. The number of halogens is 1. The summed E-state index contributed by atoms with van der Waals surface area (Å²) < 4.78 is 12.6. The predicted molar refractivity (Wildman–Crippen MR) is 66.5 cm³/mol. The highest BCUT2D eigenvalue weighted by molar-refractivity contribution is 5.94. The number of benzene rings is 1. The fourth-order valence-electron chi connectivity index (χ4n) is 1.62. The second-order valence-corrected chi connectivity index (χ2v) is 3.98. The average Bonchev–Trinajstić information content (AvgIpc) is 2.40. The number of nitrogens with zero attached hydrogens (tertiary/aromatic N) is 1. The molecule has 0 unspecified atom stereocenters. The van der Waals surface area contributed by atoms with E-state index in [0.29, 0.717) is 5.56 Å². The van der Waals surface area contributed by atoms with Crippen LogP contribution in [0.15, 0.2) is 48.7 Å². The van der Waals surface area contributed by atoms with Gasteiger partial charge in [-0.3, -0.25) is 4.79 Å². The normalized spacial score (nSPS) is 11.9. The van der Waals surface area contributed by atoms with E-state index in [2.05, 4.69) is 10.3 Å². The molecule has 3 nitrogen and oxygen atoms in total. The summed E-state index contributed by atoms with van der Waals surface area (Å²) in [6, 6.07) is 12.1. The van der Waals surface area contributed by atoms with E-state index in [4.69, 9.17) is 0 Å². The van der Waals surface area contributed by atoms with Gasteiger partial charge < -0.3 is 5.32 Å². The van der Waals surface area contributed by atoms with Crippen LogP contribution in [0.5, 0.6) is 0 Å². The van der Waals surface area contributed by atoms with Crippen LogP contribution in [0.2, 0.25) is 0 Å². The van der Waals surface area contributed by atoms with Crippen molar-refractivity contribution in [2.24, 2.45) is 0 Å². The van der Waals surface area contributed by atoms with Crippen molar-refractivity contribution in [1.29, 1.82) is 0 Å². The largest absolute Gasteiger partial charge is 0.345 e. The summed E-state index contributed by atoms with van der Waals surface area (Å²) in [7, 11) is 0. The second kappa shape index (κ2) is 5.40. The molecular formula is C14H13FN2O. The van der Waals surface area contributed by atoms with Gasteiger partial charge in [-0.15, -0.1) is 0 Å². The van der Waals surface area contributed by atoms with Gasteiger partial charge in [0, 0.05) is 6.20 Å². The van der Waals surface area contributed by atoms with Crippen molar-refractivity contribution in [3.8, 4) is 0 Å². The molecule has 0 aliphatic heterocycles. The van der Waals surface area contributed by atoms with Crippen LogP contribution < -0.4 is 5.32 Å². The van der Waals surface area contributed by atoms with E-state index in [0.717, 1.165) is 5.56 Å².